The van der Waals surface area contributed by atoms with Crippen LogP contribution in [0.3, 0.4) is 0 Å². The average Bonchev–Trinajstić information content (AvgIpc) is 2.76. The minimum absolute atomic E-state index is 0.0485. The number of rotatable bonds is 8. The van der Waals surface area contributed by atoms with Crippen molar-refractivity contribution in [2.45, 2.75) is 39.7 Å². The summed E-state index contributed by atoms with van der Waals surface area (Å²) in [5.41, 5.74) is 0.474. The molecule has 1 heterocycles. The van der Waals surface area contributed by atoms with Gasteiger partial charge in [0.1, 0.15) is 11.8 Å². The van der Waals surface area contributed by atoms with Crippen molar-refractivity contribution in [3.63, 3.8) is 0 Å². The smallest absolute Gasteiger partial charge is 0.252 e. The van der Waals surface area contributed by atoms with Crippen LogP contribution in [0.15, 0.2) is 24.3 Å². The second-order valence-electron chi connectivity index (χ2n) is 7.98. The fraction of sp³-hybridized carbons (Fsp3) is 0.591. The van der Waals surface area contributed by atoms with Crippen molar-refractivity contribution >= 4 is 29.1 Å². The van der Waals surface area contributed by atoms with Crippen LogP contribution >= 0.6 is 12.2 Å². The summed E-state index contributed by atoms with van der Waals surface area (Å²) < 4.78 is 5.21. The molecule has 1 atom stereocenters. The highest BCUT2D eigenvalue weighted by Crippen LogP contribution is 2.22. The number of ether oxygens (including phenoxy) is 1. The number of hydrogen-bond donors (Lipinski definition) is 3. The lowest BCUT2D eigenvalue weighted by atomic mass is 9.88. The highest BCUT2D eigenvalue weighted by molar-refractivity contribution is 7.80. The van der Waals surface area contributed by atoms with E-state index in [0.717, 1.165) is 37.6 Å². The van der Waals surface area contributed by atoms with Gasteiger partial charge in [0.25, 0.3) is 5.91 Å². The molecule has 0 aliphatic carbocycles. The first-order valence-corrected chi connectivity index (χ1v) is 11.0. The van der Waals surface area contributed by atoms with E-state index < -0.39 is 6.04 Å². The van der Waals surface area contributed by atoms with Crippen molar-refractivity contribution in [1.82, 2.24) is 20.9 Å². The maximum atomic E-state index is 13.0. The summed E-state index contributed by atoms with van der Waals surface area (Å²) in [4.78, 5) is 28.0. The molecule has 1 aromatic carbocycles. The van der Waals surface area contributed by atoms with E-state index in [1.165, 1.54) is 0 Å². The minimum atomic E-state index is -0.586. The first kappa shape index (κ1) is 23.9. The molecule has 166 valence electrons. The van der Waals surface area contributed by atoms with E-state index in [-0.39, 0.29) is 17.7 Å². The Balaban J connectivity index is 2.09. The maximum Gasteiger partial charge on any atom is 0.252 e. The van der Waals surface area contributed by atoms with Gasteiger partial charge in [0, 0.05) is 31.7 Å². The Bertz CT molecular complexity index is 733. The molecule has 2 rings (SSSR count). The normalized spacial score (nSPS) is 15.4. The van der Waals surface area contributed by atoms with Crippen molar-refractivity contribution in [3.8, 4) is 5.75 Å². The first-order valence-electron chi connectivity index (χ1n) is 10.6. The third-order valence-electron chi connectivity index (χ3n) is 5.21. The predicted molar refractivity (Wildman–Crippen MR) is 123 cm³/mol. The summed E-state index contributed by atoms with van der Waals surface area (Å²) in [6.07, 6.45) is 1.56. The van der Waals surface area contributed by atoms with Gasteiger partial charge in [-0.2, -0.15) is 0 Å². The van der Waals surface area contributed by atoms with Crippen molar-refractivity contribution in [2.75, 3.05) is 33.3 Å². The molecule has 0 radical (unpaired) electrons. The van der Waals surface area contributed by atoms with Crippen LogP contribution in [0.1, 0.15) is 44.0 Å². The van der Waals surface area contributed by atoms with E-state index in [1.54, 1.807) is 31.4 Å². The van der Waals surface area contributed by atoms with Gasteiger partial charge in [0.15, 0.2) is 5.11 Å². The second kappa shape index (κ2) is 11.7. The van der Waals surface area contributed by atoms with Gasteiger partial charge in [0.05, 0.1) is 7.11 Å². The van der Waals surface area contributed by atoms with E-state index in [2.05, 4.69) is 20.9 Å². The van der Waals surface area contributed by atoms with Gasteiger partial charge in [-0.25, -0.2) is 0 Å². The van der Waals surface area contributed by atoms with Crippen LogP contribution in [0.5, 0.6) is 5.75 Å². The van der Waals surface area contributed by atoms with Crippen molar-refractivity contribution in [3.05, 3.63) is 29.8 Å². The van der Waals surface area contributed by atoms with Crippen LogP contribution in [-0.2, 0) is 4.79 Å². The van der Waals surface area contributed by atoms with Crippen LogP contribution in [0.2, 0.25) is 0 Å². The third-order valence-corrected chi connectivity index (χ3v) is 5.61. The molecule has 1 aliphatic heterocycles. The van der Waals surface area contributed by atoms with Gasteiger partial charge >= 0.3 is 0 Å². The van der Waals surface area contributed by atoms with Gasteiger partial charge < -0.3 is 25.6 Å². The van der Waals surface area contributed by atoms with Gasteiger partial charge in [-0.1, -0.05) is 19.9 Å². The molecule has 0 spiro atoms. The van der Waals surface area contributed by atoms with Crippen LogP contribution in [0, 0.1) is 11.8 Å². The molecular formula is C22H34N4O3S. The minimum Gasteiger partial charge on any atom is -0.497 e. The molecule has 0 saturated carbocycles. The van der Waals surface area contributed by atoms with Crippen LogP contribution in [0.4, 0.5) is 0 Å². The number of thiocarbonyl (C=S) groups is 1. The number of nitrogens with one attached hydrogen (secondary N) is 3. The molecular weight excluding hydrogens is 400 g/mol. The molecule has 2 amide bonds. The van der Waals surface area contributed by atoms with Crippen molar-refractivity contribution in [2.24, 2.45) is 11.8 Å². The number of amides is 2. The zero-order valence-corrected chi connectivity index (χ0v) is 19.2. The molecule has 0 bridgehead atoms. The Morgan fingerprint density at radius 3 is 2.53 bits per heavy atom. The van der Waals surface area contributed by atoms with Gasteiger partial charge in [-0.05, 0) is 62.0 Å². The van der Waals surface area contributed by atoms with Crippen LogP contribution < -0.4 is 20.7 Å². The standard InChI is InChI=1S/C22H34N4O3S/c1-5-23-22(30)26-11-9-16(10-12-26)19(21(28)24-14-15(2)3)25-20(27)17-7-6-8-18(13-17)29-4/h6-8,13,15-16,19H,5,9-12,14H2,1-4H3,(H,23,30)(H,24,28)(H,25,27). The number of carbonyl (C=O) groups is 2. The lowest BCUT2D eigenvalue weighted by Crippen LogP contribution is -2.54. The Morgan fingerprint density at radius 2 is 1.93 bits per heavy atom. The quantitative estimate of drug-likeness (QED) is 0.544. The molecule has 1 fully saturated rings. The molecule has 7 nitrogen and oxygen atoms in total. The molecule has 0 aromatic heterocycles. The number of methoxy groups -OCH3 is 1. The largest absolute Gasteiger partial charge is 0.497 e. The highest BCUT2D eigenvalue weighted by Gasteiger charge is 2.33. The Hall–Kier alpha value is -2.35. The van der Waals surface area contributed by atoms with E-state index >= 15 is 0 Å². The fourth-order valence-corrected chi connectivity index (χ4v) is 3.83. The summed E-state index contributed by atoms with van der Waals surface area (Å²) in [5, 5.41) is 9.88. The Morgan fingerprint density at radius 1 is 1.23 bits per heavy atom. The van der Waals surface area contributed by atoms with Crippen LogP contribution in [0.25, 0.3) is 0 Å². The molecule has 1 aliphatic rings. The summed E-state index contributed by atoms with van der Waals surface area (Å²) in [6.45, 7) is 9.00. The van der Waals surface area contributed by atoms with Crippen molar-refractivity contribution in [1.29, 1.82) is 0 Å². The summed E-state index contributed by atoms with van der Waals surface area (Å²) in [7, 11) is 1.56. The second-order valence-corrected chi connectivity index (χ2v) is 8.37. The fourth-order valence-electron chi connectivity index (χ4n) is 3.50. The lowest BCUT2D eigenvalue weighted by Gasteiger charge is -2.37. The molecule has 3 N–H and O–H groups in total. The van der Waals surface area contributed by atoms with E-state index in [9.17, 15) is 9.59 Å². The number of benzene rings is 1. The SMILES string of the molecule is CCNC(=S)N1CCC(C(NC(=O)c2cccc(OC)c2)C(=O)NCC(C)C)CC1. The van der Waals surface area contributed by atoms with E-state index in [0.29, 0.717) is 23.8 Å². The van der Waals surface area contributed by atoms with Crippen molar-refractivity contribution < 1.29 is 14.3 Å². The monoisotopic (exact) mass is 434 g/mol. The third kappa shape index (κ3) is 6.86. The molecule has 8 heteroatoms. The topological polar surface area (TPSA) is 82.7 Å². The van der Waals surface area contributed by atoms with E-state index in [1.807, 2.05) is 20.8 Å². The Labute approximate surface area is 184 Å². The summed E-state index contributed by atoms with van der Waals surface area (Å²) in [6, 6.07) is 6.36. The number of hydrogen-bond acceptors (Lipinski definition) is 4. The number of nitrogens with zero attached hydrogens (tertiary/aromatic N) is 1. The number of piperidine rings is 1. The van der Waals surface area contributed by atoms with Gasteiger partial charge in [0.2, 0.25) is 5.91 Å². The molecule has 30 heavy (non-hydrogen) atoms. The zero-order chi connectivity index (χ0) is 22.1. The molecule has 1 aromatic rings. The maximum absolute atomic E-state index is 13.0. The van der Waals surface area contributed by atoms with Gasteiger partial charge in [-0.3, -0.25) is 9.59 Å². The summed E-state index contributed by atoms with van der Waals surface area (Å²) in [5.74, 6) is 0.584. The highest BCUT2D eigenvalue weighted by atomic mass is 32.1. The summed E-state index contributed by atoms with van der Waals surface area (Å²) >= 11 is 5.41. The zero-order valence-electron chi connectivity index (χ0n) is 18.4. The molecule has 1 saturated heterocycles. The Kier molecular flexibility index (Phi) is 9.36. The van der Waals surface area contributed by atoms with E-state index in [4.69, 9.17) is 17.0 Å². The molecule has 1 unspecified atom stereocenters. The van der Waals surface area contributed by atoms with Crippen LogP contribution in [-0.4, -0.2) is 61.2 Å². The number of likely N-dealkylation sites (tertiary alicyclic amines) is 1. The predicted octanol–water partition coefficient (Wildman–Crippen LogP) is 2.17. The average molecular weight is 435 g/mol. The van der Waals surface area contributed by atoms with Gasteiger partial charge in [-0.15, -0.1) is 0 Å². The first-order chi connectivity index (χ1) is 14.3. The lowest BCUT2D eigenvalue weighted by molar-refractivity contribution is -0.124. The number of carbonyl (C=O) groups excluding carboxylic acids is 2.